The summed E-state index contributed by atoms with van der Waals surface area (Å²) in [5.74, 6) is 0. The highest BCUT2D eigenvalue weighted by Gasteiger charge is 2.10. The van der Waals surface area contributed by atoms with E-state index < -0.39 is 0 Å². The Labute approximate surface area is 62.7 Å². The van der Waals surface area contributed by atoms with E-state index in [-0.39, 0.29) is 0 Å². The molecule has 1 heterocycles. The van der Waals surface area contributed by atoms with Crippen LogP contribution in [0.4, 0.5) is 0 Å². The SMILES string of the molecule is C=CCNC1CCCC[N]1. The van der Waals surface area contributed by atoms with Crippen LogP contribution in [0, 0.1) is 0 Å². The van der Waals surface area contributed by atoms with Crippen molar-refractivity contribution < 1.29 is 0 Å². The summed E-state index contributed by atoms with van der Waals surface area (Å²) in [4.78, 5) is 0. The summed E-state index contributed by atoms with van der Waals surface area (Å²) in [6.07, 6.45) is 6.08. The lowest BCUT2D eigenvalue weighted by atomic mass is 10.1. The van der Waals surface area contributed by atoms with Gasteiger partial charge in [-0.2, -0.15) is 0 Å². The zero-order valence-corrected chi connectivity index (χ0v) is 6.34. The molecule has 1 rings (SSSR count). The minimum absolute atomic E-state index is 0.409. The lowest BCUT2D eigenvalue weighted by Crippen LogP contribution is -2.40. The third-order valence-corrected chi connectivity index (χ3v) is 1.73. The van der Waals surface area contributed by atoms with E-state index >= 15 is 0 Å². The van der Waals surface area contributed by atoms with Crippen LogP contribution in [0.2, 0.25) is 0 Å². The smallest absolute Gasteiger partial charge is 0.0738 e. The minimum Gasteiger partial charge on any atom is -0.297 e. The molecule has 1 atom stereocenters. The standard InChI is InChI=1S/C8H15N2/c1-2-6-9-8-5-3-4-7-10-8/h2,8-9H,1,3-7H2. The van der Waals surface area contributed by atoms with Crippen LogP contribution in [0.15, 0.2) is 12.7 Å². The molecule has 57 valence electrons. The summed E-state index contributed by atoms with van der Waals surface area (Å²) in [6, 6.07) is 0. The Morgan fingerprint density at radius 2 is 2.50 bits per heavy atom. The molecular formula is C8H15N2. The molecule has 0 aromatic rings. The van der Waals surface area contributed by atoms with Crippen LogP contribution in [0.25, 0.3) is 0 Å². The average Bonchev–Trinajstić information content (AvgIpc) is 2.03. The fraction of sp³-hybridized carbons (Fsp3) is 0.750. The summed E-state index contributed by atoms with van der Waals surface area (Å²) in [5, 5.41) is 7.69. The number of hydrogen-bond donors (Lipinski definition) is 1. The Morgan fingerprint density at radius 1 is 1.60 bits per heavy atom. The van der Waals surface area contributed by atoms with Crippen molar-refractivity contribution in [2.45, 2.75) is 25.4 Å². The largest absolute Gasteiger partial charge is 0.297 e. The van der Waals surface area contributed by atoms with Gasteiger partial charge >= 0.3 is 0 Å². The Morgan fingerprint density at radius 3 is 3.10 bits per heavy atom. The van der Waals surface area contributed by atoms with E-state index in [0.717, 1.165) is 13.1 Å². The summed E-state index contributed by atoms with van der Waals surface area (Å²) >= 11 is 0. The molecule has 10 heavy (non-hydrogen) atoms. The molecule has 0 saturated carbocycles. The van der Waals surface area contributed by atoms with Gasteiger partial charge in [-0.3, -0.25) is 5.32 Å². The highest BCUT2D eigenvalue weighted by atomic mass is 15.1. The van der Waals surface area contributed by atoms with E-state index in [2.05, 4.69) is 17.2 Å². The molecule has 1 aliphatic heterocycles. The fourth-order valence-electron chi connectivity index (χ4n) is 1.17. The van der Waals surface area contributed by atoms with E-state index in [1.165, 1.54) is 19.3 Å². The summed E-state index contributed by atoms with van der Waals surface area (Å²) in [6.45, 7) is 5.56. The number of rotatable bonds is 3. The average molecular weight is 139 g/mol. The van der Waals surface area contributed by atoms with Crippen LogP contribution >= 0.6 is 0 Å². The Bertz CT molecular complexity index is 95.4. The van der Waals surface area contributed by atoms with Crippen molar-refractivity contribution in [3.63, 3.8) is 0 Å². The van der Waals surface area contributed by atoms with Crippen LogP contribution in [0.1, 0.15) is 19.3 Å². The van der Waals surface area contributed by atoms with Crippen molar-refractivity contribution in [2.75, 3.05) is 13.1 Å². The predicted octanol–water partition coefficient (Wildman–Crippen LogP) is 0.876. The van der Waals surface area contributed by atoms with Gasteiger partial charge in [0, 0.05) is 13.1 Å². The van der Waals surface area contributed by atoms with E-state index in [1.807, 2.05) is 6.08 Å². The molecule has 2 nitrogen and oxygen atoms in total. The lowest BCUT2D eigenvalue weighted by molar-refractivity contribution is 0.347. The molecule has 1 N–H and O–H groups in total. The van der Waals surface area contributed by atoms with Crippen LogP contribution in [-0.2, 0) is 0 Å². The first-order valence-electron chi connectivity index (χ1n) is 3.94. The normalized spacial score (nSPS) is 26.2. The van der Waals surface area contributed by atoms with Crippen molar-refractivity contribution in [1.29, 1.82) is 0 Å². The van der Waals surface area contributed by atoms with E-state index in [0.29, 0.717) is 6.17 Å². The zero-order chi connectivity index (χ0) is 7.23. The van der Waals surface area contributed by atoms with Crippen molar-refractivity contribution in [2.24, 2.45) is 0 Å². The Kier molecular flexibility index (Phi) is 3.47. The van der Waals surface area contributed by atoms with Gasteiger partial charge in [0.15, 0.2) is 0 Å². The van der Waals surface area contributed by atoms with Crippen molar-refractivity contribution in [3.8, 4) is 0 Å². The second-order valence-electron chi connectivity index (χ2n) is 2.61. The van der Waals surface area contributed by atoms with Crippen LogP contribution in [-0.4, -0.2) is 19.3 Å². The molecule has 1 fully saturated rings. The van der Waals surface area contributed by atoms with Crippen LogP contribution in [0.5, 0.6) is 0 Å². The quantitative estimate of drug-likeness (QED) is 0.577. The van der Waals surface area contributed by atoms with Gasteiger partial charge < -0.3 is 0 Å². The number of nitrogens with one attached hydrogen (secondary N) is 1. The summed E-state index contributed by atoms with van der Waals surface area (Å²) < 4.78 is 0. The Balaban J connectivity index is 2.07. The lowest BCUT2D eigenvalue weighted by Gasteiger charge is -2.21. The molecule has 0 spiro atoms. The van der Waals surface area contributed by atoms with Gasteiger partial charge in [0.25, 0.3) is 0 Å². The Hall–Kier alpha value is -0.340. The second kappa shape index (κ2) is 4.47. The zero-order valence-electron chi connectivity index (χ0n) is 6.34. The van der Waals surface area contributed by atoms with Gasteiger partial charge in [-0.05, 0) is 19.3 Å². The highest BCUT2D eigenvalue weighted by Crippen LogP contribution is 2.05. The maximum absolute atomic E-state index is 4.41. The molecule has 1 aliphatic rings. The summed E-state index contributed by atoms with van der Waals surface area (Å²) in [5.41, 5.74) is 0. The molecule has 2 heteroatoms. The van der Waals surface area contributed by atoms with Gasteiger partial charge in [-0.1, -0.05) is 6.08 Å². The van der Waals surface area contributed by atoms with Gasteiger partial charge in [0.2, 0.25) is 0 Å². The van der Waals surface area contributed by atoms with Crippen LogP contribution < -0.4 is 10.6 Å². The molecule has 0 amide bonds. The maximum Gasteiger partial charge on any atom is 0.0738 e. The molecule has 1 unspecified atom stereocenters. The van der Waals surface area contributed by atoms with E-state index in [4.69, 9.17) is 0 Å². The van der Waals surface area contributed by atoms with Crippen molar-refractivity contribution in [1.82, 2.24) is 10.6 Å². The van der Waals surface area contributed by atoms with Gasteiger partial charge in [0.1, 0.15) is 0 Å². The third kappa shape index (κ3) is 2.50. The topological polar surface area (TPSA) is 26.1 Å². The molecule has 0 aliphatic carbocycles. The molecule has 0 bridgehead atoms. The monoisotopic (exact) mass is 139 g/mol. The highest BCUT2D eigenvalue weighted by molar-refractivity contribution is 4.75. The second-order valence-corrected chi connectivity index (χ2v) is 2.61. The van der Waals surface area contributed by atoms with Crippen molar-refractivity contribution in [3.05, 3.63) is 12.7 Å². The molecule has 1 radical (unpaired) electrons. The van der Waals surface area contributed by atoms with Gasteiger partial charge in [0.05, 0.1) is 6.17 Å². The van der Waals surface area contributed by atoms with Crippen molar-refractivity contribution >= 4 is 0 Å². The number of hydrogen-bond acceptors (Lipinski definition) is 1. The molecular weight excluding hydrogens is 124 g/mol. The molecule has 0 aromatic carbocycles. The number of nitrogens with zero attached hydrogens (tertiary/aromatic N) is 1. The van der Waals surface area contributed by atoms with E-state index in [9.17, 15) is 0 Å². The molecule has 0 aromatic heterocycles. The maximum atomic E-state index is 4.41. The van der Waals surface area contributed by atoms with Crippen LogP contribution in [0.3, 0.4) is 0 Å². The first-order chi connectivity index (χ1) is 4.93. The minimum atomic E-state index is 0.409. The number of piperidine rings is 1. The first-order valence-corrected chi connectivity index (χ1v) is 3.94. The van der Waals surface area contributed by atoms with Gasteiger partial charge in [-0.25, -0.2) is 5.32 Å². The molecule has 1 saturated heterocycles. The summed E-state index contributed by atoms with van der Waals surface area (Å²) in [7, 11) is 0. The first kappa shape index (κ1) is 7.76. The van der Waals surface area contributed by atoms with Gasteiger partial charge in [-0.15, -0.1) is 6.58 Å². The fourth-order valence-corrected chi connectivity index (χ4v) is 1.17. The predicted molar refractivity (Wildman–Crippen MR) is 42.8 cm³/mol. The van der Waals surface area contributed by atoms with E-state index in [1.54, 1.807) is 0 Å². The third-order valence-electron chi connectivity index (χ3n) is 1.73.